The Morgan fingerprint density at radius 3 is 2.41 bits per heavy atom. The Bertz CT molecular complexity index is 539. The molecule has 1 aromatic rings. The van der Waals surface area contributed by atoms with E-state index in [0.29, 0.717) is 12.0 Å². The minimum absolute atomic E-state index is 0.150. The number of allylic oxidation sites excluding steroid dienone is 1. The zero-order chi connectivity index (χ0) is 19.9. The SMILES string of the molecule is CCCCCC/C=C(/O)C(CO)CC(CCCC)OC(=O)c1ccccc1. The van der Waals surface area contributed by atoms with Crippen molar-refractivity contribution in [2.24, 2.45) is 5.92 Å². The fourth-order valence-corrected chi connectivity index (χ4v) is 3.04. The molecule has 0 spiro atoms. The van der Waals surface area contributed by atoms with Crippen LogP contribution < -0.4 is 0 Å². The van der Waals surface area contributed by atoms with Crippen LogP contribution in [0, 0.1) is 5.92 Å². The second kappa shape index (κ2) is 14.3. The van der Waals surface area contributed by atoms with E-state index < -0.39 is 0 Å². The van der Waals surface area contributed by atoms with Crippen LogP contribution in [0.15, 0.2) is 42.2 Å². The molecule has 0 heterocycles. The maximum atomic E-state index is 12.4. The van der Waals surface area contributed by atoms with E-state index in [1.165, 1.54) is 12.8 Å². The third kappa shape index (κ3) is 9.62. The van der Waals surface area contributed by atoms with Crippen molar-refractivity contribution in [1.29, 1.82) is 0 Å². The molecule has 1 aromatic carbocycles. The van der Waals surface area contributed by atoms with Gasteiger partial charge in [-0.3, -0.25) is 0 Å². The van der Waals surface area contributed by atoms with E-state index in [-0.39, 0.29) is 30.4 Å². The number of hydrogen-bond donors (Lipinski definition) is 2. The van der Waals surface area contributed by atoms with Crippen molar-refractivity contribution in [2.75, 3.05) is 6.61 Å². The minimum Gasteiger partial charge on any atom is -0.512 e. The molecule has 2 atom stereocenters. The van der Waals surface area contributed by atoms with Gasteiger partial charge in [0.2, 0.25) is 0 Å². The molecule has 0 aliphatic carbocycles. The monoisotopic (exact) mass is 376 g/mol. The zero-order valence-electron chi connectivity index (χ0n) is 16.9. The van der Waals surface area contributed by atoms with Crippen LogP contribution in [0.4, 0.5) is 0 Å². The molecule has 0 bridgehead atoms. The molecule has 1 rings (SSSR count). The van der Waals surface area contributed by atoms with Gasteiger partial charge in [0.1, 0.15) is 6.10 Å². The first-order valence-electron chi connectivity index (χ1n) is 10.4. The Kier molecular flexibility index (Phi) is 12.3. The fraction of sp³-hybridized carbons (Fsp3) is 0.609. The number of aliphatic hydroxyl groups excluding tert-OH is 2. The van der Waals surface area contributed by atoms with Crippen LogP contribution >= 0.6 is 0 Å². The van der Waals surface area contributed by atoms with E-state index >= 15 is 0 Å². The number of carbonyl (C=O) groups excluding carboxylic acids is 1. The molecule has 27 heavy (non-hydrogen) atoms. The minimum atomic E-state index is -0.387. The fourth-order valence-electron chi connectivity index (χ4n) is 3.04. The van der Waals surface area contributed by atoms with Crippen molar-refractivity contribution in [3.8, 4) is 0 Å². The van der Waals surface area contributed by atoms with Crippen molar-refractivity contribution in [3.05, 3.63) is 47.7 Å². The van der Waals surface area contributed by atoms with Gasteiger partial charge in [0.25, 0.3) is 0 Å². The molecule has 0 aliphatic rings. The molecule has 0 fully saturated rings. The molecule has 0 aromatic heterocycles. The van der Waals surface area contributed by atoms with Gasteiger partial charge in [0.15, 0.2) is 0 Å². The summed E-state index contributed by atoms with van der Waals surface area (Å²) in [7, 11) is 0. The highest BCUT2D eigenvalue weighted by molar-refractivity contribution is 5.89. The highest BCUT2D eigenvalue weighted by atomic mass is 16.5. The lowest BCUT2D eigenvalue weighted by Crippen LogP contribution is -2.24. The van der Waals surface area contributed by atoms with Gasteiger partial charge in [-0.25, -0.2) is 4.79 Å². The Labute approximate surface area is 164 Å². The molecule has 0 radical (unpaired) electrons. The average Bonchev–Trinajstić information content (AvgIpc) is 2.70. The van der Waals surface area contributed by atoms with Gasteiger partial charge >= 0.3 is 5.97 Å². The molecule has 4 nitrogen and oxygen atoms in total. The number of ether oxygens (including phenoxy) is 1. The largest absolute Gasteiger partial charge is 0.512 e. The van der Waals surface area contributed by atoms with Gasteiger partial charge in [-0.05, 0) is 43.9 Å². The third-order valence-corrected chi connectivity index (χ3v) is 4.76. The summed E-state index contributed by atoms with van der Waals surface area (Å²) < 4.78 is 5.69. The van der Waals surface area contributed by atoms with E-state index in [9.17, 15) is 15.0 Å². The highest BCUT2D eigenvalue weighted by Gasteiger charge is 2.22. The van der Waals surface area contributed by atoms with E-state index in [1.807, 2.05) is 12.1 Å². The Morgan fingerprint density at radius 1 is 1.07 bits per heavy atom. The molecule has 0 saturated carbocycles. The second-order valence-corrected chi connectivity index (χ2v) is 7.13. The van der Waals surface area contributed by atoms with Gasteiger partial charge in [-0.2, -0.15) is 0 Å². The highest BCUT2D eigenvalue weighted by Crippen LogP contribution is 2.22. The van der Waals surface area contributed by atoms with Crippen LogP contribution in [-0.4, -0.2) is 28.9 Å². The van der Waals surface area contributed by atoms with Crippen molar-refractivity contribution < 1.29 is 19.7 Å². The summed E-state index contributed by atoms with van der Waals surface area (Å²) in [6.45, 7) is 4.11. The molecular formula is C23H36O4. The van der Waals surface area contributed by atoms with E-state index in [1.54, 1.807) is 24.3 Å². The summed E-state index contributed by atoms with van der Waals surface area (Å²) in [6, 6.07) is 8.94. The molecule has 4 heteroatoms. The first-order valence-corrected chi connectivity index (χ1v) is 10.4. The van der Waals surface area contributed by atoms with Gasteiger partial charge in [0, 0.05) is 5.92 Å². The standard InChI is InChI=1S/C23H36O4/c1-3-5-7-8-12-16-22(25)20(18-24)17-21(15-6-4-2)27-23(26)19-13-10-9-11-14-19/h9-11,13-14,16,20-21,24-25H,3-8,12,15,17-18H2,1-2H3/b22-16+. The van der Waals surface area contributed by atoms with Crippen LogP contribution in [0.5, 0.6) is 0 Å². The summed E-state index contributed by atoms with van der Waals surface area (Å²) in [5.74, 6) is -0.524. The number of hydrogen-bond acceptors (Lipinski definition) is 4. The summed E-state index contributed by atoms with van der Waals surface area (Å²) >= 11 is 0. The maximum absolute atomic E-state index is 12.4. The molecule has 0 aliphatic heterocycles. The number of unbranched alkanes of at least 4 members (excludes halogenated alkanes) is 5. The first kappa shape index (κ1) is 23.2. The third-order valence-electron chi connectivity index (χ3n) is 4.76. The number of benzene rings is 1. The second-order valence-electron chi connectivity index (χ2n) is 7.13. The summed E-state index contributed by atoms with van der Waals surface area (Å²) in [5, 5.41) is 20.1. The Hall–Kier alpha value is -1.81. The topological polar surface area (TPSA) is 66.8 Å². The smallest absolute Gasteiger partial charge is 0.338 e. The van der Waals surface area contributed by atoms with Gasteiger partial charge < -0.3 is 14.9 Å². The van der Waals surface area contributed by atoms with Crippen LogP contribution in [0.25, 0.3) is 0 Å². The van der Waals surface area contributed by atoms with Crippen molar-refractivity contribution in [1.82, 2.24) is 0 Å². The first-order chi connectivity index (χ1) is 13.1. The lowest BCUT2D eigenvalue weighted by molar-refractivity contribution is 0.0180. The summed E-state index contributed by atoms with van der Waals surface area (Å²) in [5.41, 5.74) is 0.523. The molecule has 0 amide bonds. The lowest BCUT2D eigenvalue weighted by atomic mass is 9.96. The number of carbonyl (C=O) groups is 1. The van der Waals surface area contributed by atoms with Gasteiger partial charge in [-0.15, -0.1) is 0 Å². The van der Waals surface area contributed by atoms with Crippen LogP contribution in [0.3, 0.4) is 0 Å². The van der Waals surface area contributed by atoms with E-state index in [0.717, 1.165) is 38.5 Å². The number of rotatable bonds is 14. The summed E-state index contributed by atoms with van der Waals surface area (Å²) in [6.07, 6.45) is 9.99. The molecule has 152 valence electrons. The zero-order valence-corrected chi connectivity index (χ0v) is 16.9. The summed E-state index contributed by atoms with van der Waals surface area (Å²) in [4.78, 5) is 12.4. The van der Waals surface area contributed by atoms with Crippen LogP contribution in [0.2, 0.25) is 0 Å². The van der Waals surface area contributed by atoms with Gasteiger partial charge in [0.05, 0.1) is 17.9 Å². The maximum Gasteiger partial charge on any atom is 0.338 e. The van der Waals surface area contributed by atoms with Crippen molar-refractivity contribution in [2.45, 2.75) is 77.7 Å². The Morgan fingerprint density at radius 2 is 1.78 bits per heavy atom. The Balaban J connectivity index is 2.65. The van der Waals surface area contributed by atoms with Crippen LogP contribution in [0.1, 0.15) is 82.0 Å². The van der Waals surface area contributed by atoms with E-state index in [4.69, 9.17) is 4.74 Å². The predicted molar refractivity (Wildman–Crippen MR) is 110 cm³/mol. The van der Waals surface area contributed by atoms with Crippen molar-refractivity contribution in [3.63, 3.8) is 0 Å². The molecule has 0 saturated heterocycles. The lowest BCUT2D eigenvalue weighted by Gasteiger charge is -2.22. The van der Waals surface area contributed by atoms with Gasteiger partial charge in [-0.1, -0.05) is 64.2 Å². The predicted octanol–water partition coefficient (Wildman–Crippen LogP) is 5.81. The normalized spacial score (nSPS) is 14.0. The number of aliphatic hydroxyl groups is 2. The van der Waals surface area contributed by atoms with E-state index in [2.05, 4.69) is 13.8 Å². The molecular weight excluding hydrogens is 340 g/mol. The van der Waals surface area contributed by atoms with Crippen LogP contribution in [-0.2, 0) is 4.74 Å². The number of esters is 1. The average molecular weight is 377 g/mol. The quantitative estimate of drug-likeness (QED) is 0.244. The molecule has 2 unspecified atom stereocenters. The van der Waals surface area contributed by atoms with Crippen molar-refractivity contribution >= 4 is 5.97 Å². The molecule has 2 N–H and O–H groups in total.